The minimum Gasteiger partial charge on any atom is -0.320 e. The number of halogens is 3. The third kappa shape index (κ3) is 3.54. The Labute approximate surface area is 163 Å². The van der Waals surface area contributed by atoms with Gasteiger partial charge in [0.1, 0.15) is 0 Å². The Kier molecular flexibility index (Phi) is 4.50. The van der Waals surface area contributed by atoms with Crippen LogP contribution in [0, 0.1) is 6.92 Å². The number of amides is 1. The molecule has 1 N–H and O–H groups in total. The largest absolute Gasteiger partial charge is 0.417 e. The van der Waals surface area contributed by atoms with Gasteiger partial charge in [-0.15, -0.1) is 0 Å². The number of aromatic nitrogens is 4. The van der Waals surface area contributed by atoms with Gasteiger partial charge >= 0.3 is 6.18 Å². The van der Waals surface area contributed by atoms with Crippen LogP contribution in [0.3, 0.4) is 0 Å². The van der Waals surface area contributed by atoms with Crippen LogP contribution in [-0.4, -0.2) is 25.5 Å². The predicted octanol–water partition coefficient (Wildman–Crippen LogP) is 4.37. The number of hydrogen-bond donors (Lipinski definition) is 1. The molecule has 0 unspecified atom stereocenters. The number of rotatable bonds is 3. The summed E-state index contributed by atoms with van der Waals surface area (Å²) in [6, 6.07) is 11.4. The van der Waals surface area contributed by atoms with Crippen LogP contribution in [0.15, 0.2) is 60.9 Å². The predicted molar refractivity (Wildman–Crippen MR) is 100 cm³/mol. The molecule has 9 heteroatoms. The summed E-state index contributed by atoms with van der Waals surface area (Å²) in [6.45, 7) is 1.64. The summed E-state index contributed by atoms with van der Waals surface area (Å²) in [7, 11) is 0. The number of fused-ring (bicyclic) bond motifs is 1. The Hall–Kier alpha value is -3.75. The molecule has 0 aliphatic carbocycles. The molecule has 1 amide bonds. The van der Waals surface area contributed by atoms with Crippen LogP contribution in [0.1, 0.15) is 21.7 Å². The molecule has 0 bridgehead atoms. The number of pyridine rings is 1. The fraction of sp³-hybridized carbons (Fsp3) is 0.100. The summed E-state index contributed by atoms with van der Waals surface area (Å²) < 4.78 is 41.4. The van der Waals surface area contributed by atoms with Crippen molar-refractivity contribution in [2.24, 2.45) is 0 Å². The lowest BCUT2D eigenvalue weighted by atomic mass is 10.0. The first-order valence-electron chi connectivity index (χ1n) is 8.59. The third-order valence-corrected chi connectivity index (χ3v) is 4.31. The molecule has 6 nitrogen and oxygen atoms in total. The number of alkyl halides is 3. The lowest BCUT2D eigenvalue weighted by molar-refractivity contribution is -0.137. The van der Waals surface area contributed by atoms with E-state index in [9.17, 15) is 18.0 Å². The molecule has 4 aromatic rings. The maximum Gasteiger partial charge on any atom is 0.417 e. The van der Waals surface area contributed by atoms with Crippen LogP contribution in [-0.2, 0) is 6.18 Å². The van der Waals surface area contributed by atoms with Crippen molar-refractivity contribution < 1.29 is 18.0 Å². The Morgan fingerprint density at radius 3 is 2.48 bits per heavy atom. The van der Waals surface area contributed by atoms with Crippen LogP contribution in [0.2, 0.25) is 0 Å². The van der Waals surface area contributed by atoms with Crippen molar-refractivity contribution in [1.82, 2.24) is 19.6 Å². The maximum absolute atomic E-state index is 13.4. The second-order valence-corrected chi connectivity index (χ2v) is 6.27. The van der Waals surface area contributed by atoms with Crippen LogP contribution < -0.4 is 5.32 Å². The van der Waals surface area contributed by atoms with E-state index in [0.29, 0.717) is 17.0 Å². The summed E-state index contributed by atoms with van der Waals surface area (Å²) >= 11 is 0. The second kappa shape index (κ2) is 7.01. The van der Waals surface area contributed by atoms with E-state index in [0.717, 1.165) is 6.07 Å². The van der Waals surface area contributed by atoms with Gasteiger partial charge in [0.2, 0.25) is 0 Å². The molecule has 0 aliphatic rings. The molecule has 0 spiro atoms. The molecule has 0 fully saturated rings. The normalized spacial score (nSPS) is 11.6. The fourth-order valence-electron chi connectivity index (χ4n) is 3.03. The minimum atomic E-state index is -4.53. The molecule has 146 valence electrons. The molecule has 4 rings (SSSR count). The van der Waals surface area contributed by atoms with Gasteiger partial charge in [-0.25, -0.2) is 9.50 Å². The summed E-state index contributed by atoms with van der Waals surface area (Å²) in [5.41, 5.74) is 0.642. The van der Waals surface area contributed by atoms with Crippen LogP contribution >= 0.6 is 0 Å². The zero-order valence-electron chi connectivity index (χ0n) is 15.1. The molecule has 0 radical (unpaired) electrons. The van der Waals surface area contributed by atoms with Gasteiger partial charge in [0.25, 0.3) is 5.91 Å². The van der Waals surface area contributed by atoms with E-state index in [1.165, 1.54) is 47.2 Å². The van der Waals surface area contributed by atoms with Crippen molar-refractivity contribution in [2.75, 3.05) is 5.32 Å². The Balaban J connectivity index is 1.81. The third-order valence-electron chi connectivity index (χ3n) is 4.31. The highest BCUT2D eigenvalue weighted by Crippen LogP contribution is 2.36. The smallest absolute Gasteiger partial charge is 0.320 e. The van der Waals surface area contributed by atoms with Gasteiger partial charge in [-0.1, -0.05) is 18.2 Å². The number of benzene rings is 1. The topological polar surface area (TPSA) is 72.2 Å². The average molecular weight is 397 g/mol. The monoisotopic (exact) mass is 397 g/mol. The number of imidazole rings is 1. The van der Waals surface area contributed by atoms with E-state index < -0.39 is 17.6 Å². The molecular formula is C20H14F3N5O. The molecule has 1 aromatic carbocycles. The fourth-order valence-corrected chi connectivity index (χ4v) is 3.03. The van der Waals surface area contributed by atoms with Gasteiger partial charge in [0, 0.05) is 23.6 Å². The molecule has 0 saturated carbocycles. The lowest BCUT2D eigenvalue weighted by Crippen LogP contribution is -2.17. The van der Waals surface area contributed by atoms with E-state index in [1.807, 2.05) is 0 Å². The molecule has 3 aromatic heterocycles. The zero-order valence-corrected chi connectivity index (χ0v) is 15.1. The van der Waals surface area contributed by atoms with Gasteiger partial charge in [0.15, 0.2) is 11.3 Å². The first kappa shape index (κ1) is 18.6. The number of carbonyl (C=O) groups excluding carboxylic acids is 1. The summed E-state index contributed by atoms with van der Waals surface area (Å²) in [6.07, 6.45) is -1.47. The maximum atomic E-state index is 13.4. The number of anilines is 1. The van der Waals surface area contributed by atoms with Crippen LogP contribution in [0.5, 0.6) is 0 Å². The Morgan fingerprint density at radius 1 is 1.03 bits per heavy atom. The number of carbonyl (C=O) groups is 1. The lowest BCUT2D eigenvalue weighted by Gasteiger charge is -2.12. The quantitative estimate of drug-likeness (QED) is 0.557. The van der Waals surface area contributed by atoms with Gasteiger partial charge in [-0.3, -0.25) is 9.78 Å². The number of nitrogens with zero attached hydrogens (tertiary/aromatic N) is 4. The molecule has 3 heterocycles. The number of nitrogens with one attached hydrogen (secondary N) is 1. The Bertz CT molecular complexity index is 1200. The zero-order chi connectivity index (χ0) is 20.6. The van der Waals surface area contributed by atoms with Crippen molar-refractivity contribution in [3.05, 3.63) is 77.9 Å². The van der Waals surface area contributed by atoms with Gasteiger partial charge in [-0.2, -0.15) is 18.3 Å². The second-order valence-electron chi connectivity index (χ2n) is 6.27. The highest BCUT2D eigenvalue weighted by molar-refractivity contribution is 6.04. The van der Waals surface area contributed by atoms with E-state index in [-0.39, 0.29) is 17.0 Å². The molecule has 0 saturated heterocycles. The molecule has 0 aliphatic heterocycles. The van der Waals surface area contributed by atoms with Crippen molar-refractivity contribution >= 4 is 17.2 Å². The summed E-state index contributed by atoms with van der Waals surface area (Å²) in [4.78, 5) is 20.9. The highest BCUT2D eigenvalue weighted by atomic mass is 19.4. The summed E-state index contributed by atoms with van der Waals surface area (Å²) in [5, 5.41) is 7.00. The highest BCUT2D eigenvalue weighted by Gasteiger charge is 2.33. The SMILES string of the molecule is Cc1nc2ccc(-c3ccccc3C(F)(F)F)nn2c1C(=O)Nc1ccncc1. The van der Waals surface area contributed by atoms with E-state index in [1.54, 1.807) is 19.1 Å². The first-order chi connectivity index (χ1) is 13.8. The van der Waals surface area contributed by atoms with Gasteiger partial charge < -0.3 is 5.32 Å². The molecule has 29 heavy (non-hydrogen) atoms. The van der Waals surface area contributed by atoms with Gasteiger partial charge in [-0.05, 0) is 37.3 Å². The van der Waals surface area contributed by atoms with Crippen molar-refractivity contribution in [3.8, 4) is 11.3 Å². The average Bonchev–Trinajstić information content (AvgIpc) is 3.03. The standard InChI is InChI=1S/C20H14F3N5O/c1-12-18(19(29)26-13-8-10-24-11-9-13)28-17(25-12)7-6-16(27-28)14-4-2-3-5-15(14)20(21,22)23/h2-11H,1H3,(H,24,26,29). The minimum absolute atomic E-state index is 0.0752. The number of aryl methyl sites for hydroxylation is 1. The Morgan fingerprint density at radius 2 is 1.76 bits per heavy atom. The van der Waals surface area contributed by atoms with Crippen LogP contribution in [0.25, 0.3) is 16.9 Å². The van der Waals surface area contributed by atoms with E-state index in [4.69, 9.17) is 0 Å². The van der Waals surface area contributed by atoms with Crippen molar-refractivity contribution in [1.29, 1.82) is 0 Å². The van der Waals surface area contributed by atoms with Crippen molar-refractivity contribution in [2.45, 2.75) is 13.1 Å². The molecule has 0 atom stereocenters. The summed E-state index contributed by atoms with van der Waals surface area (Å²) in [5.74, 6) is -0.477. The van der Waals surface area contributed by atoms with E-state index in [2.05, 4.69) is 20.4 Å². The molecular weight excluding hydrogens is 383 g/mol. The van der Waals surface area contributed by atoms with Crippen LogP contribution in [0.4, 0.5) is 18.9 Å². The van der Waals surface area contributed by atoms with Gasteiger partial charge in [0.05, 0.1) is 17.0 Å². The van der Waals surface area contributed by atoms with E-state index >= 15 is 0 Å². The first-order valence-corrected chi connectivity index (χ1v) is 8.59. The number of hydrogen-bond acceptors (Lipinski definition) is 4. The van der Waals surface area contributed by atoms with Crippen molar-refractivity contribution in [3.63, 3.8) is 0 Å².